The summed E-state index contributed by atoms with van der Waals surface area (Å²) in [7, 11) is 0. The average molecular weight is 701 g/mol. The van der Waals surface area contributed by atoms with Crippen molar-refractivity contribution in [2.75, 3.05) is 0 Å². The molecule has 1 spiro atoms. The molecule has 2 aliphatic carbocycles. The second-order valence-electron chi connectivity index (χ2n) is 15.2. The predicted molar refractivity (Wildman–Crippen MR) is 230 cm³/mol. The molecule has 2 heteroatoms. The average Bonchev–Trinajstić information content (AvgIpc) is 3.88. The van der Waals surface area contributed by atoms with Gasteiger partial charge in [0.2, 0.25) is 0 Å². The summed E-state index contributed by atoms with van der Waals surface area (Å²) in [6.45, 7) is 3.16. The molecule has 0 aliphatic heterocycles. The molecule has 2 aliphatic rings. The molecular weight excluding hydrogens is 665 g/mol. The molecule has 9 aromatic carbocycles. The molecule has 0 bridgehead atoms. The van der Waals surface area contributed by atoms with E-state index in [9.17, 15) is 0 Å². The summed E-state index contributed by atoms with van der Waals surface area (Å²) in [4.78, 5) is 5.20. The minimum atomic E-state index is -0.494. The minimum absolute atomic E-state index is 0.494. The van der Waals surface area contributed by atoms with E-state index in [1.165, 1.54) is 93.5 Å². The number of fused-ring (bicyclic) bond motifs is 18. The van der Waals surface area contributed by atoms with E-state index in [-0.39, 0.29) is 0 Å². The molecular formula is C53H36N2. The maximum atomic E-state index is 5.20. The SMILES string of the molecule is CCCn1c(-c2cccc(-c3cc4c(c5ccccc35)C3(c5ccccc5-c5ccccc53)c3c-4c4ccccc4c4ccccc34)c2)nc2ccccc21. The summed E-state index contributed by atoms with van der Waals surface area (Å²) in [6.07, 6.45) is 1.04. The Balaban J connectivity index is 1.23. The third kappa shape index (κ3) is 3.96. The number of hydrogen-bond donors (Lipinski definition) is 0. The van der Waals surface area contributed by atoms with Gasteiger partial charge in [0.1, 0.15) is 5.82 Å². The molecule has 0 N–H and O–H groups in total. The molecule has 10 aromatic rings. The van der Waals surface area contributed by atoms with Gasteiger partial charge in [-0.15, -0.1) is 0 Å². The first kappa shape index (κ1) is 30.7. The van der Waals surface area contributed by atoms with Crippen molar-refractivity contribution in [1.29, 1.82) is 0 Å². The fraction of sp³-hybridized carbons (Fsp3) is 0.0755. The predicted octanol–water partition coefficient (Wildman–Crippen LogP) is 13.6. The van der Waals surface area contributed by atoms with Crippen LogP contribution < -0.4 is 0 Å². The Morgan fingerprint density at radius 2 is 1.02 bits per heavy atom. The number of aryl methyl sites for hydroxylation is 1. The van der Waals surface area contributed by atoms with Gasteiger partial charge in [0, 0.05) is 12.1 Å². The van der Waals surface area contributed by atoms with E-state index < -0.39 is 5.41 Å². The van der Waals surface area contributed by atoms with Gasteiger partial charge in [0.05, 0.1) is 16.4 Å². The lowest BCUT2D eigenvalue weighted by molar-refractivity contribution is 0.704. The highest BCUT2D eigenvalue weighted by atomic mass is 15.1. The second kappa shape index (κ2) is 11.4. The molecule has 0 atom stereocenters. The van der Waals surface area contributed by atoms with Crippen LogP contribution >= 0.6 is 0 Å². The van der Waals surface area contributed by atoms with Crippen LogP contribution in [0.3, 0.4) is 0 Å². The summed E-state index contributed by atoms with van der Waals surface area (Å²) in [5, 5.41) is 7.79. The van der Waals surface area contributed by atoms with Gasteiger partial charge in [-0.25, -0.2) is 4.98 Å². The first-order valence-electron chi connectivity index (χ1n) is 19.5. The quantitative estimate of drug-likeness (QED) is 0.167. The highest BCUT2D eigenvalue weighted by Crippen LogP contribution is 2.67. The third-order valence-electron chi connectivity index (χ3n) is 12.5. The van der Waals surface area contributed by atoms with Gasteiger partial charge in [-0.3, -0.25) is 0 Å². The lowest BCUT2D eigenvalue weighted by Gasteiger charge is -2.33. The fourth-order valence-corrected chi connectivity index (χ4v) is 10.5. The zero-order chi connectivity index (χ0) is 36.3. The molecule has 0 amide bonds. The molecule has 12 rings (SSSR count). The molecule has 0 saturated heterocycles. The lowest BCUT2D eigenvalue weighted by atomic mass is 9.68. The Morgan fingerprint density at radius 3 is 1.75 bits per heavy atom. The van der Waals surface area contributed by atoms with Gasteiger partial charge < -0.3 is 4.57 Å². The monoisotopic (exact) mass is 700 g/mol. The first-order valence-corrected chi connectivity index (χ1v) is 19.5. The van der Waals surface area contributed by atoms with Gasteiger partial charge in [-0.1, -0.05) is 159 Å². The van der Waals surface area contributed by atoms with Crippen molar-refractivity contribution in [2.45, 2.75) is 25.3 Å². The van der Waals surface area contributed by atoms with E-state index >= 15 is 0 Å². The van der Waals surface area contributed by atoms with Crippen LogP contribution in [0.25, 0.3) is 88.1 Å². The molecule has 2 nitrogen and oxygen atoms in total. The van der Waals surface area contributed by atoms with Crippen molar-refractivity contribution < 1.29 is 0 Å². The number of aromatic nitrogens is 2. The number of nitrogens with zero attached hydrogens (tertiary/aromatic N) is 2. The maximum absolute atomic E-state index is 5.20. The molecule has 1 heterocycles. The summed E-state index contributed by atoms with van der Waals surface area (Å²) < 4.78 is 2.39. The topological polar surface area (TPSA) is 17.8 Å². The molecule has 0 radical (unpaired) electrons. The molecule has 0 saturated carbocycles. The number of benzene rings is 9. The van der Waals surface area contributed by atoms with Crippen molar-refractivity contribution in [3.63, 3.8) is 0 Å². The van der Waals surface area contributed by atoms with Crippen LogP contribution in [0.5, 0.6) is 0 Å². The normalized spacial score (nSPS) is 13.5. The second-order valence-corrected chi connectivity index (χ2v) is 15.2. The smallest absolute Gasteiger partial charge is 0.141 e. The highest BCUT2D eigenvalue weighted by Gasteiger charge is 2.54. The zero-order valence-electron chi connectivity index (χ0n) is 30.6. The van der Waals surface area contributed by atoms with Crippen molar-refractivity contribution in [1.82, 2.24) is 9.55 Å². The van der Waals surface area contributed by atoms with Gasteiger partial charge in [-0.05, 0) is 119 Å². The maximum Gasteiger partial charge on any atom is 0.141 e. The van der Waals surface area contributed by atoms with Crippen LogP contribution in [0.2, 0.25) is 0 Å². The Hall–Kier alpha value is -6.77. The number of rotatable bonds is 4. The number of hydrogen-bond acceptors (Lipinski definition) is 1. The number of imidazole rings is 1. The van der Waals surface area contributed by atoms with E-state index in [2.05, 4.69) is 187 Å². The summed E-state index contributed by atoms with van der Waals surface area (Å²) in [5.41, 5.74) is 16.2. The van der Waals surface area contributed by atoms with Gasteiger partial charge in [-0.2, -0.15) is 0 Å². The van der Waals surface area contributed by atoms with Crippen molar-refractivity contribution >= 4 is 43.4 Å². The Bertz CT molecular complexity index is 3190. The van der Waals surface area contributed by atoms with Gasteiger partial charge >= 0.3 is 0 Å². The van der Waals surface area contributed by atoms with Crippen LogP contribution in [0.15, 0.2) is 176 Å². The fourth-order valence-electron chi connectivity index (χ4n) is 10.5. The van der Waals surface area contributed by atoms with E-state index in [1.54, 1.807) is 0 Å². The zero-order valence-corrected chi connectivity index (χ0v) is 30.6. The largest absolute Gasteiger partial charge is 0.324 e. The highest BCUT2D eigenvalue weighted by molar-refractivity contribution is 6.22. The first-order chi connectivity index (χ1) is 27.3. The van der Waals surface area contributed by atoms with Crippen molar-refractivity contribution in [3.05, 3.63) is 198 Å². The lowest BCUT2D eigenvalue weighted by Crippen LogP contribution is -2.26. The van der Waals surface area contributed by atoms with Crippen LogP contribution in [0.1, 0.15) is 35.6 Å². The minimum Gasteiger partial charge on any atom is -0.324 e. The van der Waals surface area contributed by atoms with E-state index in [4.69, 9.17) is 4.98 Å². The van der Waals surface area contributed by atoms with Crippen LogP contribution in [-0.2, 0) is 12.0 Å². The van der Waals surface area contributed by atoms with Crippen molar-refractivity contribution in [3.8, 4) is 44.8 Å². The Morgan fingerprint density at radius 1 is 0.455 bits per heavy atom. The van der Waals surface area contributed by atoms with E-state index in [0.717, 1.165) is 29.9 Å². The van der Waals surface area contributed by atoms with E-state index in [0.29, 0.717) is 0 Å². The van der Waals surface area contributed by atoms with E-state index in [1.807, 2.05) is 0 Å². The molecule has 0 fully saturated rings. The summed E-state index contributed by atoms with van der Waals surface area (Å²) >= 11 is 0. The Kier molecular flexibility index (Phi) is 6.34. The van der Waals surface area contributed by atoms with Crippen molar-refractivity contribution in [2.24, 2.45) is 0 Å². The number of para-hydroxylation sites is 2. The third-order valence-corrected chi connectivity index (χ3v) is 12.5. The van der Waals surface area contributed by atoms with Crippen LogP contribution in [-0.4, -0.2) is 9.55 Å². The molecule has 55 heavy (non-hydrogen) atoms. The molecule has 258 valence electrons. The Labute approximate surface area is 320 Å². The summed E-state index contributed by atoms with van der Waals surface area (Å²) in [6, 6.07) is 65.8. The van der Waals surface area contributed by atoms with Crippen LogP contribution in [0, 0.1) is 0 Å². The standard InChI is InChI=1S/C53H36N2/c1-2-30-55-48-29-14-13-28-47(48)54-52(55)34-17-15-16-33(31-34)43-32-44-49-40-23-6-3-18-35(40)36-19-4-8-25-42(36)51(49)53(50(44)41-24-7-5-20-37(41)43)45-26-11-9-21-38(45)39-22-10-12-27-46(39)53/h3-29,31-32H,2,30H2,1H3. The van der Waals surface area contributed by atoms with Gasteiger partial charge in [0.25, 0.3) is 0 Å². The molecule has 1 aromatic heterocycles. The van der Waals surface area contributed by atoms with Crippen LogP contribution in [0.4, 0.5) is 0 Å². The van der Waals surface area contributed by atoms with Gasteiger partial charge in [0.15, 0.2) is 0 Å². The molecule has 0 unspecified atom stereocenters. The summed E-state index contributed by atoms with van der Waals surface area (Å²) in [5.74, 6) is 1.02.